The molecule has 2 nitrogen and oxygen atoms in total. The van der Waals surface area contributed by atoms with Gasteiger partial charge in [0.15, 0.2) is 0 Å². The molecule has 1 aliphatic carbocycles. The summed E-state index contributed by atoms with van der Waals surface area (Å²) in [6.07, 6.45) is 3.52. The van der Waals surface area contributed by atoms with Crippen LogP contribution in [0.15, 0.2) is 0 Å². The first kappa shape index (κ1) is 9.01. The summed E-state index contributed by atoms with van der Waals surface area (Å²) < 4.78 is 0. The number of nitrogens with one attached hydrogen (secondary N) is 1. The van der Waals surface area contributed by atoms with Crippen LogP contribution in [0.25, 0.3) is 0 Å². The van der Waals surface area contributed by atoms with Crippen molar-refractivity contribution in [2.45, 2.75) is 38.6 Å². The van der Waals surface area contributed by atoms with E-state index in [4.69, 9.17) is 5.11 Å². The first-order valence-corrected chi connectivity index (χ1v) is 4.54. The molecule has 0 saturated heterocycles. The quantitative estimate of drug-likeness (QED) is 0.627. The molecule has 1 aliphatic rings. The van der Waals surface area contributed by atoms with E-state index in [-0.39, 0.29) is 5.54 Å². The number of rotatable bonds is 5. The van der Waals surface area contributed by atoms with Crippen LogP contribution in [0.3, 0.4) is 0 Å². The van der Waals surface area contributed by atoms with E-state index in [0.29, 0.717) is 6.61 Å². The number of hydrogen-bond donors (Lipinski definition) is 2. The molecule has 0 atom stereocenters. The molecule has 0 aromatic carbocycles. The summed E-state index contributed by atoms with van der Waals surface area (Å²) in [5.41, 5.74) is 0.134. The Balaban J connectivity index is 2.03. The van der Waals surface area contributed by atoms with Crippen molar-refractivity contribution in [3.63, 3.8) is 0 Å². The zero-order valence-corrected chi connectivity index (χ0v) is 7.56. The summed E-state index contributed by atoms with van der Waals surface area (Å²) in [5, 5.41) is 12.4. The second-order valence-electron chi connectivity index (χ2n) is 4.05. The summed E-state index contributed by atoms with van der Waals surface area (Å²) >= 11 is 0. The van der Waals surface area contributed by atoms with Gasteiger partial charge in [0.1, 0.15) is 0 Å². The van der Waals surface area contributed by atoms with Gasteiger partial charge in [-0.15, -0.1) is 0 Å². The van der Waals surface area contributed by atoms with Crippen LogP contribution in [0.1, 0.15) is 33.1 Å². The Labute approximate surface area is 69.0 Å². The highest BCUT2D eigenvalue weighted by Gasteiger charge is 2.41. The molecule has 66 valence electrons. The largest absolute Gasteiger partial charge is 0.394 e. The molecular weight excluding hydrogens is 138 g/mol. The normalized spacial score (nSPS) is 20.7. The Morgan fingerprint density at radius 3 is 2.45 bits per heavy atom. The maximum absolute atomic E-state index is 8.96. The van der Waals surface area contributed by atoms with E-state index >= 15 is 0 Å². The van der Waals surface area contributed by atoms with Gasteiger partial charge in [-0.25, -0.2) is 0 Å². The lowest BCUT2D eigenvalue weighted by molar-refractivity contribution is 0.229. The summed E-state index contributed by atoms with van der Waals surface area (Å²) in [7, 11) is 0. The fourth-order valence-corrected chi connectivity index (χ4v) is 1.17. The van der Waals surface area contributed by atoms with Crippen LogP contribution >= 0.6 is 0 Å². The van der Waals surface area contributed by atoms with Crippen molar-refractivity contribution in [1.29, 1.82) is 0 Å². The molecule has 0 spiro atoms. The molecule has 0 amide bonds. The summed E-state index contributed by atoms with van der Waals surface area (Å²) in [6, 6.07) is 0. The maximum Gasteiger partial charge on any atom is 0.0613 e. The van der Waals surface area contributed by atoms with Crippen LogP contribution in [-0.2, 0) is 0 Å². The Bertz CT molecular complexity index is 119. The number of hydrogen-bond acceptors (Lipinski definition) is 2. The third-order valence-corrected chi connectivity index (χ3v) is 2.38. The van der Waals surface area contributed by atoms with E-state index in [1.807, 2.05) is 0 Å². The van der Waals surface area contributed by atoms with E-state index in [0.717, 1.165) is 25.3 Å². The van der Waals surface area contributed by atoms with Gasteiger partial charge in [-0.1, -0.05) is 13.8 Å². The molecule has 0 heterocycles. The monoisotopic (exact) mass is 157 g/mol. The molecule has 0 radical (unpaired) electrons. The minimum atomic E-state index is 0.134. The fraction of sp³-hybridized carbons (Fsp3) is 1.00. The molecule has 1 fully saturated rings. The third kappa shape index (κ3) is 2.80. The molecule has 2 N–H and O–H groups in total. The van der Waals surface area contributed by atoms with Gasteiger partial charge in [0.05, 0.1) is 6.61 Å². The smallest absolute Gasteiger partial charge is 0.0613 e. The van der Waals surface area contributed by atoms with Crippen LogP contribution in [0.2, 0.25) is 0 Å². The average Bonchev–Trinajstić information content (AvgIpc) is 2.69. The summed E-state index contributed by atoms with van der Waals surface area (Å²) in [4.78, 5) is 0. The van der Waals surface area contributed by atoms with Gasteiger partial charge in [0.25, 0.3) is 0 Å². The zero-order chi connectivity index (χ0) is 8.32. The molecular formula is C9H19NO. The first-order valence-electron chi connectivity index (χ1n) is 4.54. The Morgan fingerprint density at radius 2 is 2.09 bits per heavy atom. The minimum Gasteiger partial charge on any atom is -0.394 e. The fourth-order valence-electron chi connectivity index (χ4n) is 1.17. The highest BCUT2D eigenvalue weighted by molar-refractivity contribution is 5.01. The molecule has 1 saturated carbocycles. The van der Waals surface area contributed by atoms with Crippen LogP contribution in [-0.4, -0.2) is 23.8 Å². The Kier molecular flexibility index (Phi) is 2.90. The van der Waals surface area contributed by atoms with Crippen molar-refractivity contribution in [2.24, 2.45) is 5.92 Å². The molecule has 0 aliphatic heterocycles. The van der Waals surface area contributed by atoms with E-state index < -0.39 is 0 Å². The average molecular weight is 157 g/mol. The van der Waals surface area contributed by atoms with Crippen LogP contribution < -0.4 is 5.32 Å². The van der Waals surface area contributed by atoms with Crippen molar-refractivity contribution in [3.05, 3.63) is 0 Å². The maximum atomic E-state index is 8.96. The SMILES string of the molecule is CC(C)CCNC1(CO)CC1. The molecule has 2 heteroatoms. The Hall–Kier alpha value is -0.0800. The van der Waals surface area contributed by atoms with Gasteiger partial charge < -0.3 is 10.4 Å². The standard InChI is InChI=1S/C9H19NO/c1-8(2)3-6-10-9(7-11)4-5-9/h8,10-11H,3-7H2,1-2H3. The molecule has 0 aromatic heterocycles. The zero-order valence-electron chi connectivity index (χ0n) is 7.56. The highest BCUT2D eigenvalue weighted by Crippen LogP contribution is 2.34. The molecule has 0 bridgehead atoms. The van der Waals surface area contributed by atoms with E-state index in [1.54, 1.807) is 0 Å². The van der Waals surface area contributed by atoms with Crippen molar-refractivity contribution in [1.82, 2.24) is 5.32 Å². The topological polar surface area (TPSA) is 32.3 Å². The second kappa shape index (κ2) is 3.55. The third-order valence-electron chi connectivity index (χ3n) is 2.38. The van der Waals surface area contributed by atoms with Crippen molar-refractivity contribution in [2.75, 3.05) is 13.2 Å². The molecule has 0 aromatic rings. The van der Waals surface area contributed by atoms with Gasteiger partial charge in [0.2, 0.25) is 0 Å². The van der Waals surface area contributed by atoms with Gasteiger partial charge in [-0.05, 0) is 31.7 Å². The van der Waals surface area contributed by atoms with Crippen molar-refractivity contribution >= 4 is 0 Å². The predicted octanol–water partition coefficient (Wildman–Crippen LogP) is 1.15. The Morgan fingerprint density at radius 1 is 1.45 bits per heavy atom. The summed E-state index contributed by atoms with van der Waals surface area (Å²) in [5.74, 6) is 0.761. The number of aliphatic hydroxyl groups is 1. The van der Waals surface area contributed by atoms with Crippen LogP contribution in [0, 0.1) is 5.92 Å². The van der Waals surface area contributed by atoms with E-state index in [2.05, 4.69) is 19.2 Å². The van der Waals surface area contributed by atoms with Gasteiger partial charge in [-0.2, -0.15) is 0 Å². The predicted molar refractivity (Wildman–Crippen MR) is 46.5 cm³/mol. The second-order valence-corrected chi connectivity index (χ2v) is 4.05. The molecule has 1 rings (SSSR count). The van der Waals surface area contributed by atoms with Crippen LogP contribution in [0.5, 0.6) is 0 Å². The summed E-state index contributed by atoms with van der Waals surface area (Å²) in [6.45, 7) is 5.81. The van der Waals surface area contributed by atoms with Crippen molar-refractivity contribution in [3.8, 4) is 0 Å². The lowest BCUT2D eigenvalue weighted by Crippen LogP contribution is -2.35. The molecule has 0 unspecified atom stereocenters. The lowest BCUT2D eigenvalue weighted by Gasteiger charge is -2.14. The van der Waals surface area contributed by atoms with E-state index in [9.17, 15) is 0 Å². The van der Waals surface area contributed by atoms with E-state index in [1.165, 1.54) is 6.42 Å². The van der Waals surface area contributed by atoms with Gasteiger partial charge in [0, 0.05) is 5.54 Å². The van der Waals surface area contributed by atoms with Gasteiger partial charge >= 0.3 is 0 Å². The van der Waals surface area contributed by atoms with Crippen molar-refractivity contribution < 1.29 is 5.11 Å². The molecule has 11 heavy (non-hydrogen) atoms. The highest BCUT2D eigenvalue weighted by atomic mass is 16.3. The van der Waals surface area contributed by atoms with Crippen LogP contribution in [0.4, 0.5) is 0 Å². The first-order chi connectivity index (χ1) is 5.18. The minimum absolute atomic E-state index is 0.134. The number of aliphatic hydroxyl groups excluding tert-OH is 1. The van der Waals surface area contributed by atoms with Gasteiger partial charge in [-0.3, -0.25) is 0 Å². The lowest BCUT2D eigenvalue weighted by atomic mass is 10.1.